The molecule has 0 atom stereocenters. The van der Waals surface area contributed by atoms with Gasteiger partial charge in [-0.15, -0.1) is 0 Å². The summed E-state index contributed by atoms with van der Waals surface area (Å²) in [4.78, 5) is 35.4. The number of imidazole rings is 1. The van der Waals surface area contributed by atoms with Crippen molar-refractivity contribution < 1.29 is 14.1 Å². The number of likely N-dealkylation sites (tertiary alicyclic amines) is 1. The van der Waals surface area contributed by atoms with Crippen LogP contribution in [0.4, 0.5) is 0 Å². The van der Waals surface area contributed by atoms with Gasteiger partial charge in [0.2, 0.25) is 17.6 Å². The average molecular weight is 482 g/mol. The number of H-pyrrole nitrogens is 1. The van der Waals surface area contributed by atoms with Gasteiger partial charge < -0.3 is 19.1 Å². The minimum absolute atomic E-state index is 0.150. The minimum Gasteiger partial charge on any atom is -0.455 e. The predicted octanol–water partition coefficient (Wildman–Crippen LogP) is 4.60. The number of hydrogen-bond acceptors (Lipinski definition) is 8. The van der Waals surface area contributed by atoms with Crippen molar-refractivity contribution in [3.05, 3.63) is 65.8 Å². The minimum atomic E-state index is 0.150. The summed E-state index contributed by atoms with van der Waals surface area (Å²) in [7, 11) is 0. The first kappa shape index (κ1) is 21.9. The summed E-state index contributed by atoms with van der Waals surface area (Å²) in [5.74, 6) is 2.88. The fourth-order valence-electron chi connectivity index (χ4n) is 4.27. The molecular weight excluding hydrogens is 458 g/mol. The number of nitrogens with one attached hydrogen (secondary N) is 1. The van der Waals surface area contributed by atoms with E-state index >= 15 is 0 Å². The van der Waals surface area contributed by atoms with Crippen molar-refractivity contribution in [2.45, 2.75) is 33.2 Å². The Balaban J connectivity index is 1.36. The third-order valence-corrected chi connectivity index (χ3v) is 6.08. The second-order valence-electron chi connectivity index (χ2n) is 8.82. The van der Waals surface area contributed by atoms with Gasteiger partial charge in [0.15, 0.2) is 5.82 Å². The first-order valence-electron chi connectivity index (χ1n) is 11.7. The van der Waals surface area contributed by atoms with E-state index in [2.05, 4.69) is 25.1 Å². The van der Waals surface area contributed by atoms with Crippen molar-refractivity contribution in [3.63, 3.8) is 0 Å². The molecule has 180 valence electrons. The van der Waals surface area contributed by atoms with Crippen LogP contribution in [0.5, 0.6) is 11.5 Å². The van der Waals surface area contributed by atoms with Gasteiger partial charge in [-0.05, 0) is 49.2 Å². The monoisotopic (exact) mass is 481 g/mol. The molecule has 5 aromatic rings. The zero-order chi connectivity index (χ0) is 24.6. The number of ether oxygens (including phenoxy) is 1. The summed E-state index contributed by atoms with van der Waals surface area (Å²) in [5.41, 5.74) is 4.92. The van der Waals surface area contributed by atoms with Crippen LogP contribution in [0.3, 0.4) is 0 Å². The molecule has 1 aromatic carbocycles. The number of amides is 1. The van der Waals surface area contributed by atoms with E-state index in [0.29, 0.717) is 47.7 Å². The fourth-order valence-corrected chi connectivity index (χ4v) is 4.27. The maximum absolute atomic E-state index is 12.3. The maximum Gasteiger partial charge on any atom is 0.223 e. The van der Waals surface area contributed by atoms with Gasteiger partial charge in [0.1, 0.15) is 22.9 Å². The third kappa shape index (κ3) is 4.28. The second-order valence-corrected chi connectivity index (χ2v) is 8.82. The molecule has 1 aliphatic rings. The highest BCUT2D eigenvalue weighted by atomic mass is 16.5. The van der Waals surface area contributed by atoms with E-state index in [9.17, 15) is 4.79 Å². The predicted molar refractivity (Wildman–Crippen MR) is 131 cm³/mol. The Morgan fingerprint density at radius 2 is 2.00 bits per heavy atom. The zero-order valence-electron chi connectivity index (χ0n) is 19.9. The lowest BCUT2D eigenvalue weighted by Crippen LogP contribution is -2.24. The summed E-state index contributed by atoms with van der Waals surface area (Å²) < 4.78 is 11.3. The van der Waals surface area contributed by atoms with E-state index in [1.165, 1.54) is 0 Å². The molecule has 6 rings (SSSR count). The van der Waals surface area contributed by atoms with E-state index < -0.39 is 0 Å². The molecule has 1 amide bonds. The highest BCUT2D eigenvalue weighted by Crippen LogP contribution is 2.32. The number of carbonyl (C=O) groups excluding carboxylic acids is 1. The van der Waals surface area contributed by atoms with Crippen LogP contribution in [0.25, 0.3) is 34.1 Å². The van der Waals surface area contributed by atoms with E-state index in [0.717, 1.165) is 40.8 Å². The number of aromatic nitrogens is 6. The Labute approximate surface area is 206 Å². The van der Waals surface area contributed by atoms with E-state index in [-0.39, 0.29) is 5.91 Å². The van der Waals surface area contributed by atoms with Crippen molar-refractivity contribution in [3.8, 4) is 34.5 Å². The van der Waals surface area contributed by atoms with Crippen molar-refractivity contribution in [1.82, 2.24) is 35.0 Å². The molecule has 5 heterocycles. The molecular formula is C26H23N7O3. The van der Waals surface area contributed by atoms with Crippen molar-refractivity contribution in [2.24, 2.45) is 0 Å². The summed E-state index contributed by atoms with van der Waals surface area (Å²) in [6.45, 7) is 4.93. The highest BCUT2D eigenvalue weighted by Gasteiger charge is 2.23. The molecule has 0 bridgehead atoms. The number of benzene rings is 1. The van der Waals surface area contributed by atoms with Crippen LogP contribution < -0.4 is 4.74 Å². The van der Waals surface area contributed by atoms with E-state index in [4.69, 9.17) is 14.2 Å². The quantitative estimate of drug-likeness (QED) is 0.373. The summed E-state index contributed by atoms with van der Waals surface area (Å²) in [6, 6.07) is 11.4. The number of aromatic amines is 1. The standard InChI is InChI=1S/C26H23N7O3/c1-15-7-8-27-22(10-15)25-30-20-11-17(14-33-9-3-4-24(33)34)23(12-21(20)31-25)35-18-5-6-19(28-13-18)26-29-16(2)36-32-26/h5-8,10-13H,3-4,9,14H2,1-2H3,(H,30,31). The molecule has 0 spiro atoms. The van der Waals surface area contributed by atoms with Gasteiger partial charge in [0.25, 0.3) is 0 Å². The molecule has 36 heavy (non-hydrogen) atoms. The largest absolute Gasteiger partial charge is 0.455 e. The molecule has 10 heteroatoms. The number of rotatable bonds is 6. The van der Waals surface area contributed by atoms with Crippen LogP contribution in [0.1, 0.15) is 29.9 Å². The van der Waals surface area contributed by atoms with Crippen molar-refractivity contribution >= 4 is 16.9 Å². The number of pyridine rings is 2. The van der Waals surface area contributed by atoms with Gasteiger partial charge in [-0.25, -0.2) is 9.97 Å². The third-order valence-electron chi connectivity index (χ3n) is 6.08. The van der Waals surface area contributed by atoms with Gasteiger partial charge in [-0.2, -0.15) is 4.98 Å². The topological polar surface area (TPSA) is 123 Å². The Bertz CT molecular complexity index is 1570. The molecule has 0 radical (unpaired) electrons. The van der Waals surface area contributed by atoms with Crippen LogP contribution in [0, 0.1) is 13.8 Å². The smallest absolute Gasteiger partial charge is 0.223 e. The first-order chi connectivity index (χ1) is 17.5. The van der Waals surface area contributed by atoms with Gasteiger partial charge in [0.05, 0.1) is 17.2 Å². The lowest BCUT2D eigenvalue weighted by molar-refractivity contribution is -0.128. The SMILES string of the molecule is Cc1ccnc(-c2nc3cc(Oc4ccc(-c5noc(C)n5)nc4)c(CN4CCCC4=O)cc3[nH]2)c1. The van der Waals surface area contributed by atoms with Gasteiger partial charge >= 0.3 is 0 Å². The van der Waals surface area contributed by atoms with Crippen LogP contribution >= 0.6 is 0 Å². The van der Waals surface area contributed by atoms with Crippen LogP contribution in [0.2, 0.25) is 0 Å². The summed E-state index contributed by atoms with van der Waals surface area (Å²) in [6.07, 6.45) is 4.82. The Morgan fingerprint density at radius 3 is 2.72 bits per heavy atom. The number of aryl methyl sites for hydroxylation is 2. The Hall–Kier alpha value is -4.60. The normalized spacial score (nSPS) is 13.6. The molecule has 4 aromatic heterocycles. The number of nitrogens with zero attached hydrogens (tertiary/aromatic N) is 6. The van der Waals surface area contributed by atoms with Crippen molar-refractivity contribution in [2.75, 3.05) is 6.54 Å². The molecule has 0 unspecified atom stereocenters. The molecule has 1 saturated heterocycles. The molecule has 10 nitrogen and oxygen atoms in total. The number of fused-ring (bicyclic) bond motifs is 1. The fraction of sp³-hybridized carbons (Fsp3) is 0.231. The lowest BCUT2D eigenvalue weighted by atomic mass is 10.1. The average Bonchev–Trinajstić information content (AvgIpc) is 3.60. The number of carbonyl (C=O) groups is 1. The lowest BCUT2D eigenvalue weighted by Gasteiger charge is -2.18. The Kier molecular flexibility index (Phi) is 5.40. The second kappa shape index (κ2) is 8.88. The van der Waals surface area contributed by atoms with Crippen molar-refractivity contribution in [1.29, 1.82) is 0 Å². The summed E-state index contributed by atoms with van der Waals surface area (Å²) >= 11 is 0. The summed E-state index contributed by atoms with van der Waals surface area (Å²) in [5, 5.41) is 3.90. The molecule has 1 fully saturated rings. The van der Waals surface area contributed by atoms with Crippen LogP contribution in [-0.2, 0) is 11.3 Å². The molecule has 1 aliphatic heterocycles. The van der Waals surface area contributed by atoms with E-state index in [1.807, 2.05) is 36.1 Å². The zero-order valence-corrected chi connectivity index (χ0v) is 19.9. The van der Waals surface area contributed by atoms with Crippen LogP contribution in [-0.4, -0.2) is 47.4 Å². The maximum atomic E-state index is 12.3. The van der Waals surface area contributed by atoms with Crippen LogP contribution in [0.15, 0.2) is 53.3 Å². The molecule has 0 saturated carbocycles. The van der Waals surface area contributed by atoms with Gasteiger partial charge in [-0.1, -0.05) is 5.16 Å². The van der Waals surface area contributed by atoms with E-state index in [1.54, 1.807) is 31.5 Å². The first-order valence-corrected chi connectivity index (χ1v) is 11.7. The highest BCUT2D eigenvalue weighted by molar-refractivity contribution is 5.82. The van der Waals surface area contributed by atoms with Gasteiger partial charge in [-0.3, -0.25) is 9.78 Å². The molecule has 0 aliphatic carbocycles. The Morgan fingerprint density at radius 1 is 1.08 bits per heavy atom. The van der Waals surface area contributed by atoms with Gasteiger partial charge in [0, 0.05) is 44.3 Å². The molecule has 1 N–H and O–H groups in total. The number of hydrogen-bond donors (Lipinski definition) is 1.